The number of hydrogen-bond acceptors (Lipinski definition) is 4. The summed E-state index contributed by atoms with van der Waals surface area (Å²) in [6.45, 7) is 7.81. The molecule has 1 heterocycles. The quantitative estimate of drug-likeness (QED) is 0.744. The van der Waals surface area contributed by atoms with E-state index < -0.39 is 5.41 Å². The minimum absolute atomic E-state index is 0.0746. The average Bonchev–Trinajstić information content (AvgIpc) is 2.65. The molecular weight excluding hydrogens is 318 g/mol. The molecule has 0 radical (unpaired) electrons. The van der Waals surface area contributed by atoms with Gasteiger partial charge in [-0.3, -0.25) is 9.59 Å². The van der Waals surface area contributed by atoms with E-state index >= 15 is 0 Å². The summed E-state index contributed by atoms with van der Waals surface area (Å²) in [5.74, 6) is 0.189. The molecule has 1 fully saturated rings. The summed E-state index contributed by atoms with van der Waals surface area (Å²) in [4.78, 5) is 28.8. The van der Waals surface area contributed by atoms with Crippen molar-refractivity contribution in [3.8, 4) is 0 Å². The molecule has 6 nitrogen and oxygen atoms in total. The van der Waals surface area contributed by atoms with Gasteiger partial charge in [-0.1, -0.05) is 30.3 Å². The van der Waals surface area contributed by atoms with E-state index in [1.54, 1.807) is 7.11 Å². The van der Waals surface area contributed by atoms with E-state index in [2.05, 4.69) is 5.32 Å². The highest BCUT2D eigenvalue weighted by Crippen LogP contribution is 2.26. The Morgan fingerprint density at radius 2 is 1.68 bits per heavy atom. The standard InChI is InChI=1S/C19H29N3O3/c1-19(2,16-7-5-4-6-8-16)18(24)22-12-10-21(11-13-22)17(23)15-20-9-14-25-3/h4-8,20H,9-15H2,1-3H3. The van der Waals surface area contributed by atoms with E-state index in [-0.39, 0.29) is 11.8 Å². The molecule has 1 N–H and O–H groups in total. The Kier molecular flexibility index (Phi) is 6.96. The minimum Gasteiger partial charge on any atom is -0.383 e. The van der Waals surface area contributed by atoms with Crippen molar-refractivity contribution >= 4 is 11.8 Å². The smallest absolute Gasteiger partial charge is 0.236 e. The summed E-state index contributed by atoms with van der Waals surface area (Å²) in [6.07, 6.45) is 0. The number of amides is 2. The van der Waals surface area contributed by atoms with Gasteiger partial charge in [-0.2, -0.15) is 0 Å². The highest BCUT2D eigenvalue weighted by atomic mass is 16.5. The lowest BCUT2D eigenvalue weighted by atomic mass is 9.83. The molecule has 0 spiro atoms. The first kappa shape index (κ1) is 19.4. The van der Waals surface area contributed by atoms with Crippen molar-refractivity contribution in [2.24, 2.45) is 0 Å². The van der Waals surface area contributed by atoms with Crippen LogP contribution in [0.15, 0.2) is 30.3 Å². The number of methoxy groups -OCH3 is 1. The lowest BCUT2D eigenvalue weighted by Crippen LogP contribution is -2.55. The van der Waals surface area contributed by atoms with Crippen molar-refractivity contribution in [1.82, 2.24) is 15.1 Å². The largest absolute Gasteiger partial charge is 0.383 e. The monoisotopic (exact) mass is 347 g/mol. The fourth-order valence-corrected chi connectivity index (χ4v) is 3.01. The van der Waals surface area contributed by atoms with E-state index in [0.717, 1.165) is 5.56 Å². The summed E-state index contributed by atoms with van der Waals surface area (Å²) in [7, 11) is 1.64. The van der Waals surface area contributed by atoms with Crippen LogP contribution in [0.5, 0.6) is 0 Å². The normalized spacial score (nSPS) is 15.3. The Morgan fingerprint density at radius 1 is 1.08 bits per heavy atom. The number of carbonyl (C=O) groups is 2. The van der Waals surface area contributed by atoms with Gasteiger partial charge in [-0.05, 0) is 19.4 Å². The average molecular weight is 347 g/mol. The van der Waals surface area contributed by atoms with Gasteiger partial charge >= 0.3 is 0 Å². The molecular formula is C19H29N3O3. The summed E-state index contributed by atoms with van der Waals surface area (Å²) in [5, 5.41) is 3.07. The van der Waals surface area contributed by atoms with Crippen molar-refractivity contribution in [3.05, 3.63) is 35.9 Å². The van der Waals surface area contributed by atoms with Crippen LogP contribution < -0.4 is 5.32 Å². The van der Waals surface area contributed by atoms with E-state index in [0.29, 0.717) is 45.9 Å². The molecule has 0 aromatic heterocycles. The maximum absolute atomic E-state index is 12.9. The molecule has 25 heavy (non-hydrogen) atoms. The predicted octanol–water partition coefficient (Wildman–Crippen LogP) is 0.871. The Morgan fingerprint density at radius 3 is 2.28 bits per heavy atom. The highest BCUT2D eigenvalue weighted by Gasteiger charge is 2.35. The van der Waals surface area contributed by atoms with Gasteiger partial charge in [-0.15, -0.1) is 0 Å². The van der Waals surface area contributed by atoms with Crippen molar-refractivity contribution in [3.63, 3.8) is 0 Å². The summed E-state index contributed by atoms with van der Waals surface area (Å²) >= 11 is 0. The van der Waals surface area contributed by atoms with Crippen LogP contribution in [0.3, 0.4) is 0 Å². The first-order valence-electron chi connectivity index (χ1n) is 8.79. The minimum atomic E-state index is -0.560. The van der Waals surface area contributed by atoms with Crippen molar-refractivity contribution in [1.29, 1.82) is 0 Å². The lowest BCUT2D eigenvalue weighted by Gasteiger charge is -2.38. The first-order valence-corrected chi connectivity index (χ1v) is 8.79. The third-order valence-electron chi connectivity index (χ3n) is 4.71. The van der Waals surface area contributed by atoms with Crippen LogP contribution in [0, 0.1) is 0 Å². The molecule has 0 aliphatic carbocycles. The summed E-state index contributed by atoms with van der Waals surface area (Å²) in [5.41, 5.74) is 0.454. The molecule has 2 rings (SSSR count). The summed E-state index contributed by atoms with van der Waals surface area (Å²) in [6, 6.07) is 9.84. The number of carbonyl (C=O) groups excluding carboxylic acids is 2. The van der Waals surface area contributed by atoms with Gasteiger partial charge in [0.15, 0.2) is 0 Å². The van der Waals surface area contributed by atoms with Gasteiger partial charge in [0, 0.05) is 39.8 Å². The Bertz CT molecular complexity index is 567. The Hall–Kier alpha value is -1.92. The van der Waals surface area contributed by atoms with Gasteiger partial charge in [-0.25, -0.2) is 0 Å². The maximum Gasteiger partial charge on any atom is 0.236 e. The first-order chi connectivity index (χ1) is 12.0. The molecule has 0 atom stereocenters. The zero-order valence-corrected chi connectivity index (χ0v) is 15.5. The van der Waals surface area contributed by atoms with Crippen molar-refractivity contribution < 1.29 is 14.3 Å². The second-order valence-corrected chi connectivity index (χ2v) is 6.83. The molecule has 0 bridgehead atoms. The molecule has 138 valence electrons. The van der Waals surface area contributed by atoms with E-state index in [1.165, 1.54) is 0 Å². The van der Waals surface area contributed by atoms with Crippen LogP contribution in [-0.2, 0) is 19.7 Å². The molecule has 0 unspecified atom stereocenters. The molecule has 1 aromatic carbocycles. The van der Waals surface area contributed by atoms with Crippen LogP contribution >= 0.6 is 0 Å². The topological polar surface area (TPSA) is 61.9 Å². The zero-order valence-electron chi connectivity index (χ0n) is 15.5. The fraction of sp³-hybridized carbons (Fsp3) is 0.579. The number of rotatable bonds is 7. The molecule has 1 aromatic rings. The second kappa shape index (κ2) is 8.97. The van der Waals surface area contributed by atoms with Gasteiger partial charge in [0.05, 0.1) is 18.6 Å². The number of nitrogens with zero attached hydrogens (tertiary/aromatic N) is 2. The van der Waals surface area contributed by atoms with Crippen LogP contribution in [0.4, 0.5) is 0 Å². The van der Waals surface area contributed by atoms with Crippen LogP contribution in [0.25, 0.3) is 0 Å². The van der Waals surface area contributed by atoms with Crippen molar-refractivity contribution in [2.45, 2.75) is 19.3 Å². The molecule has 2 amide bonds. The zero-order chi connectivity index (χ0) is 18.3. The Labute approximate surface area is 150 Å². The van der Waals surface area contributed by atoms with Gasteiger partial charge in [0.25, 0.3) is 0 Å². The number of piperazine rings is 1. The maximum atomic E-state index is 12.9. The number of hydrogen-bond donors (Lipinski definition) is 1. The number of benzene rings is 1. The van der Waals surface area contributed by atoms with Crippen LogP contribution in [0.2, 0.25) is 0 Å². The second-order valence-electron chi connectivity index (χ2n) is 6.83. The third kappa shape index (κ3) is 5.03. The van der Waals surface area contributed by atoms with E-state index in [4.69, 9.17) is 4.74 Å². The third-order valence-corrected chi connectivity index (χ3v) is 4.71. The molecule has 0 saturated carbocycles. The van der Waals surface area contributed by atoms with Crippen LogP contribution in [-0.4, -0.2) is 74.6 Å². The molecule has 1 aliphatic rings. The van der Waals surface area contributed by atoms with Gasteiger partial charge in [0.1, 0.15) is 0 Å². The van der Waals surface area contributed by atoms with Crippen molar-refractivity contribution in [2.75, 3.05) is 53.0 Å². The number of ether oxygens (including phenoxy) is 1. The predicted molar refractivity (Wildman–Crippen MR) is 97.4 cm³/mol. The van der Waals surface area contributed by atoms with Crippen LogP contribution in [0.1, 0.15) is 19.4 Å². The van der Waals surface area contributed by atoms with E-state index in [9.17, 15) is 9.59 Å². The SMILES string of the molecule is COCCNCC(=O)N1CCN(C(=O)C(C)(C)c2ccccc2)CC1. The molecule has 1 aliphatic heterocycles. The fourth-order valence-electron chi connectivity index (χ4n) is 3.01. The number of nitrogens with one attached hydrogen (secondary N) is 1. The van der Waals surface area contributed by atoms with Gasteiger partial charge < -0.3 is 19.9 Å². The highest BCUT2D eigenvalue weighted by molar-refractivity contribution is 5.87. The van der Waals surface area contributed by atoms with E-state index in [1.807, 2.05) is 54.0 Å². The lowest BCUT2D eigenvalue weighted by molar-refractivity contribution is -0.142. The van der Waals surface area contributed by atoms with Gasteiger partial charge in [0.2, 0.25) is 11.8 Å². The molecule has 6 heteroatoms. The Balaban J connectivity index is 1.85. The molecule has 1 saturated heterocycles. The summed E-state index contributed by atoms with van der Waals surface area (Å²) < 4.78 is 4.95.